The summed E-state index contributed by atoms with van der Waals surface area (Å²) in [5.41, 5.74) is 0. The minimum Gasteiger partial charge on any atom is -0.317 e. The molecule has 0 amide bonds. The Labute approximate surface area is 255 Å². The van der Waals surface area contributed by atoms with Gasteiger partial charge in [-0.25, -0.2) is 0 Å². The van der Waals surface area contributed by atoms with Crippen LogP contribution >= 0.6 is 0 Å². The molecule has 0 unspecified atom stereocenters. The first-order valence-corrected chi connectivity index (χ1v) is 17.6. The third-order valence-electron chi connectivity index (χ3n) is 7.11. The number of hydrogen-bond acceptors (Lipinski definition) is 8. The zero-order valence-corrected chi connectivity index (χ0v) is 27.9. The molecule has 8 heteroatoms. The molecular formula is C33H72N4O4. The molecule has 0 rings (SSSR count). The molecule has 0 aromatic heterocycles. The zero-order chi connectivity index (χ0) is 30.0. The average Bonchev–Trinajstić information content (AvgIpc) is 2.98. The van der Waals surface area contributed by atoms with E-state index in [-0.39, 0.29) is 0 Å². The summed E-state index contributed by atoms with van der Waals surface area (Å²) >= 11 is 0. The zero-order valence-electron chi connectivity index (χ0n) is 27.9. The summed E-state index contributed by atoms with van der Waals surface area (Å²) < 4.78 is 25.3. The van der Waals surface area contributed by atoms with E-state index in [1.54, 1.807) is 0 Å². The predicted octanol–water partition coefficient (Wildman–Crippen LogP) is 6.34. The second kappa shape index (κ2) is 34.2. The summed E-state index contributed by atoms with van der Waals surface area (Å²) in [6.07, 6.45) is 16.8. The lowest BCUT2D eigenvalue weighted by Gasteiger charge is -2.32. The average molecular weight is 589 g/mol. The van der Waals surface area contributed by atoms with Gasteiger partial charge < -0.3 is 40.2 Å². The first-order valence-electron chi connectivity index (χ1n) is 17.6. The fourth-order valence-electron chi connectivity index (χ4n) is 4.57. The predicted molar refractivity (Wildman–Crippen MR) is 175 cm³/mol. The van der Waals surface area contributed by atoms with Crippen LogP contribution in [0.25, 0.3) is 0 Å². The van der Waals surface area contributed by atoms with Crippen molar-refractivity contribution in [3.8, 4) is 0 Å². The van der Waals surface area contributed by atoms with E-state index in [1.807, 2.05) is 0 Å². The quantitative estimate of drug-likeness (QED) is 0.0498. The fourth-order valence-corrected chi connectivity index (χ4v) is 4.57. The molecule has 0 saturated carbocycles. The van der Waals surface area contributed by atoms with Crippen molar-refractivity contribution in [3.63, 3.8) is 0 Å². The molecule has 0 aromatic carbocycles. The molecule has 0 saturated heterocycles. The summed E-state index contributed by atoms with van der Waals surface area (Å²) in [6, 6.07) is 0. The van der Waals surface area contributed by atoms with E-state index in [9.17, 15) is 0 Å². The van der Waals surface area contributed by atoms with Crippen LogP contribution in [0.1, 0.15) is 130 Å². The van der Waals surface area contributed by atoms with Crippen LogP contribution in [0, 0.1) is 0 Å². The maximum absolute atomic E-state index is 6.32. The maximum atomic E-state index is 6.32. The van der Waals surface area contributed by atoms with Gasteiger partial charge in [0, 0.05) is 0 Å². The van der Waals surface area contributed by atoms with Crippen LogP contribution in [0.3, 0.4) is 0 Å². The normalized spacial score (nSPS) is 12.0. The van der Waals surface area contributed by atoms with Gasteiger partial charge in [0.25, 0.3) is 0 Å². The van der Waals surface area contributed by atoms with Crippen LogP contribution in [-0.4, -0.2) is 84.9 Å². The van der Waals surface area contributed by atoms with Crippen molar-refractivity contribution in [2.24, 2.45) is 0 Å². The first kappa shape index (κ1) is 40.7. The van der Waals surface area contributed by atoms with Crippen LogP contribution in [0.4, 0.5) is 0 Å². The van der Waals surface area contributed by atoms with Crippen molar-refractivity contribution >= 4 is 0 Å². The SMILES string of the molecule is CCNCCCCCCOC(OCCCCCCNCC)(OCCCCCCNCC)OCCCCCCNCC. The van der Waals surface area contributed by atoms with Crippen molar-refractivity contribution in [2.75, 3.05) is 78.8 Å². The largest absolute Gasteiger partial charge is 0.412 e. The molecule has 0 aliphatic heterocycles. The van der Waals surface area contributed by atoms with Gasteiger partial charge in [0.15, 0.2) is 0 Å². The Bertz CT molecular complexity index is 403. The Morgan fingerprint density at radius 1 is 0.317 bits per heavy atom. The van der Waals surface area contributed by atoms with Gasteiger partial charge in [-0.2, -0.15) is 0 Å². The molecule has 248 valence electrons. The molecule has 0 fully saturated rings. The molecule has 0 atom stereocenters. The standard InChI is InChI=1S/C33H72N4O4/c1-5-34-25-17-9-13-21-29-38-33(39-30-22-14-10-18-26-35-6-2,40-31-23-15-11-19-27-36-7-3)41-32-24-16-12-20-28-37-8-4/h34-37H,5-32H2,1-4H3. The Balaban J connectivity index is 4.82. The van der Waals surface area contributed by atoms with E-state index in [4.69, 9.17) is 18.9 Å². The Hall–Kier alpha value is -0.320. The van der Waals surface area contributed by atoms with Gasteiger partial charge in [-0.3, -0.25) is 0 Å². The van der Waals surface area contributed by atoms with Gasteiger partial charge in [-0.15, -0.1) is 0 Å². The van der Waals surface area contributed by atoms with Crippen molar-refractivity contribution in [1.29, 1.82) is 0 Å². The summed E-state index contributed by atoms with van der Waals surface area (Å²) in [5, 5.41) is 13.6. The molecule has 0 bridgehead atoms. The van der Waals surface area contributed by atoms with E-state index in [2.05, 4.69) is 49.0 Å². The number of rotatable bonds is 36. The Morgan fingerprint density at radius 3 is 0.756 bits per heavy atom. The van der Waals surface area contributed by atoms with E-state index >= 15 is 0 Å². The molecule has 8 nitrogen and oxygen atoms in total. The van der Waals surface area contributed by atoms with Crippen molar-refractivity contribution in [3.05, 3.63) is 0 Å². The van der Waals surface area contributed by atoms with Crippen molar-refractivity contribution in [2.45, 2.75) is 137 Å². The van der Waals surface area contributed by atoms with Gasteiger partial charge in [-0.05, 0) is 104 Å². The third kappa shape index (κ3) is 29.5. The van der Waals surface area contributed by atoms with Crippen molar-refractivity contribution in [1.82, 2.24) is 21.3 Å². The second-order valence-electron chi connectivity index (χ2n) is 11.0. The number of ether oxygens (including phenoxy) is 4. The molecule has 0 aliphatic carbocycles. The lowest BCUT2D eigenvalue weighted by Crippen LogP contribution is -2.43. The minimum atomic E-state index is -1.37. The number of nitrogens with one attached hydrogen (secondary N) is 4. The summed E-state index contributed by atoms with van der Waals surface area (Å²) in [5.74, 6) is 0. The molecular weight excluding hydrogens is 516 g/mol. The molecule has 41 heavy (non-hydrogen) atoms. The van der Waals surface area contributed by atoms with Gasteiger partial charge >= 0.3 is 6.16 Å². The highest BCUT2D eigenvalue weighted by molar-refractivity contribution is 4.54. The summed E-state index contributed by atoms with van der Waals surface area (Å²) in [4.78, 5) is 0. The van der Waals surface area contributed by atoms with Gasteiger partial charge in [0.2, 0.25) is 0 Å². The van der Waals surface area contributed by atoms with Crippen LogP contribution < -0.4 is 21.3 Å². The molecule has 0 radical (unpaired) electrons. The van der Waals surface area contributed by atoms with Crippen LogP contribution in [0.5, 0.6) is 0 Å². The molecule has 0 spiro atoms. The molecule has 4 N–H and O–H groups in total. The van der Waals surface area contributed by atoms with E-state index in [0.717, 1.165) is 104 Å². The maximum Gasteiger partial charge on any atom is 0.412 e. The summed E-state index contributed by atoms with van der Waals surface area (Å²) in [7, 11) is 0. The van der Waals surface area contributed by atoms with Gasteiger partial charge in [-0.1, -0.05) is 79.1 Å². The van der Waals surface area contributed by atoms with Crippen LogP contribution in [0.15, 0.2) is 0 Å². The third-order valence-corrected chi connectivity index (χ3v) is 7.11. The summed E-state index contributed by atoms with van der Waals surface area (Å²) in [6.45, 7) is 19.5. The van der Waals surface area contributed by atoms with Crippen LogP contribution in [-0.2, 0) is 18.9 Å². The topological polar surface area (TPSA) is 85.0 Å². The van der Waals surface area contributed by atoms with Crippen LogP contribution in [0.2, 0.25) is 0 Å². The number of unbranched alkanes of at least 4 members (excludes halogenated alkanes) is 12. The lowest BCUT2D eigenvalue weighted by atomic mass is 10.2. The van der Waals surface area contributed by atoms with E-state index < -0.39 is 6.16 Å². The smallest absolute Gasteiger partial charge is 0.317 e. The highest BCUT2D eigenvalue weighted by atomic mass is 17.0. The second-order valence-corrected chi connectivity index (χ2v) is 11.0. The monoisotopic (exact) mass is 589 g/mol. The fraction of sp³-hybridized carbons (Fsp3) is 1.00. The highest BCUT2D eigenvalue weighted by Gasteiger charge is 2.35. The molecule has 0 heterocycles. The number of hydrogen-bond donors (Lipinski definition) is 4. The lowest BCUT2D eigenvalue weighted by molar-refractivity contribution is -0.499. The highest BCUT2D eigenvalue weighted by Crippen LogP contribution is 2.22. The van der Waals surface area contributed by atoms with Gasteiger partial charge in [0.1, 0.15) is 0 Å². The minimum absolute atomic E-state index is 0.593. The van der Waals surface area contributed by atoms with E-state index in [1.165, 1.54) is 51.4 Å². The molecule has 0 aromatic rings. The first-order chi connectivity index (χ1) is 20.2. The molecule has 0 aliphatic rings. The van der Waals surface area contributed by atoms with E-state index in [0.29, 0.717) is 26.4 Å². The Kier molecular flexibility index (Phi) is 33.9. The van der Waals surface area contributed by atoms with Crippen molar-refractivity contribution < 1.29 is 18.9 Å². The van der Waals surface area contributed by atoms with Gasteiger partial charge in [0.05, 0.1) is 26.4 Å². The Morgan fingerprint density at radius 2 is 0.537 bits per heavy atom.